The summed E-state index contributed by atoms with van der Waals surface area (Å²) >= 11 is 0. The van der Waals surface area contributed by atoms with Crippen molar-refractivity contribution in [3.63, 3.8) is 0 Å². The van der Waals surface area contributed by atoms with Crippen molar-refractivity contribution in [1.82, 2.24) is 0 Å². The fourth-order valence-corrected chi connectivity index (χ4v) is 1.69. The van der Waals surface area contributed by atoms with E-state index < -0.39 is 0 Å². The molecule has 0 aromatic heterocycles. The number of Topliss-reactive ketones (excluding diaryl/α,β-unsaturated/α-hetero) is 1. The van der Waals surface area contributed by atoms with Crippen molar-refractivity contribution < 1.29 is 4.79 Å². The van der Waals surface area contributed by atoms with Crippen LogP contribution in [0.4, 0.5) is 0 Å². The van der Waals surface area contributed by atoms with Crippen LogP contribution in [0.25, 0.3) is 0 Å². The third-order valence-corrected chi connectivity index (χ3v) is 3.30. The molecule has 88 valence electrons. The fraction of sp³-hybridized carbons (Fsp3) is 0.533. The van der Waals surface area contributed by atoms with Crippen LogP contribution in [0.1, 0.15) is 50.4 Å². The van der Waals surface area contributed by atoms with E-state index in [9.17, 15) is 4.79 Å². The molecule has 1 aromatic rings. The van der Waals surface area contributed by atoms with Gasteiger partial charge in [-0.25, -0.2) is 0 Å². The van der Waals surface area contributed by atoms with Gasteiger partial charge in [0.2, 0.25) is 0 Å². The van der Waals surface area contributed by atoms with Gasteiger partial charge in [-0.3, -0.25) is 4.79 Å². The van der Waals surface area contributed by atoms with Crippen molar-refractivity contribution >= 4 is 5.78 Å². The van der Waals surface area contributed by atoms with Crippen LogP contribution in [0.5, 0.6) is 0 Å². The molecule has 1 atom stereocenters. The van der Waals surface area contributed by atoms with E-state index in [0.29, 0.717) is 18.3 Å². The van der Waals surface area contributed by atoms with Crippen LogP contribution in [0, 0.1) is 11.8 Å². The second-order valence-electron chi connectivity index (χ2n) is 4.90. The van der Waals surface area contributed by atoms with Crippen molar-refractivity contribution in [3.8, 4) is 0 Å². The maximum Gasteiger partial charge on any atom is 0.162 e. The molecule has 1 rings (SSSR count). The SMILES string of the molecule is CC(C)[C@H](C)CCCC(=O)c1ccccc1. The van der Waals surface area contributed by atoms with E-state index in [1.165, 1.54) is 0 Å². The zero-order valence-electron chi connectivity index (χ0n) is 10.6. The first-order valence-electron chi connectivity index (χ1n) is 6.19. The van der Waals surface area contributed by atoms with Crippen molar-refractivity contribution in [2.45, 2.75) is 40.0 Å². The highest BCUT2D eigenvalue weighted by atomic mass is 16.1. The molecule has 0 bridgehead atoms. The number of carbonyl (C=O) groups is 1. The maximum atomic E-state index is 11.8. The first kappa shape index (κ1) is 13.0. The quantitative estimate of drug-likeness (QED) is 0.649. The third-order valence-electron chi connectivity index (χ3n) is 3.30. The lowest BCUT2D eigenvalue weighted by Crippen LogP contribution is -2.05. The van der Waals surface area contributed by atoms with Gasteiger partial charge in [0.1, 0.15) is 0 Å². The summed E-state index contributed by atoms with van der Waals surface area (Å²) in [5.74, 6) is 1.70. The standard InChI is InChI=1S/C15H22O/c1-12(2)13(3)8-7-11-15(16)14-9-5-4-6-10-14/h4-6,9-10,12-13H,7-8,11H2,1-3H3/t13-/m1/s1. The smallest absolute Gasteiger partial charge is 0.162 e. The zero-order chi connectivity index (χ0) is 12.0. The molecule has 1 nitrogen and oxygen atoms in total. The number of carbonyl (C=O) groups excluding carboxylic acids is 1. The summed E-state index contributed by atoms with van der Waals surface area (Å²) in [7, 11) is 0. The molecule has 0 saturated carbocycles. The Hall–Kier alpha value is -1.11. The maximum absolute atomic E-state index is 11.8. The van der Waals surface area contributed by atoms with E-state index in [0.717, 1.165) is 18.4 Å². The molecular weight excluding hydrogens is 196 g/mol. The summed E-state index contributed by atoms with van der Waals surface area (Å²) in [5, 5.41) is 0. The molecule has 0 aliphatic heterocycles. The van der Waals surface area contributed by atoms with Crippen LogP contribution in [0.3, 0.4) is 0 Å². The van der Waals surface area contributed by atoms with E-state index in [2.05, 4.69) is 20.8 Å². The summed E-state index contributed by atoms with van der Waals surface area (Å²) in [5.41, 5.74) is 0.847. The molecule has 0 aliphatic carbocycles. The molecule has 0 unspecified atom stereocenters. The van der Waals surface area contributed by atoms with Gasteiger partial charge < -0.3 is 0 Å². The molecule has 16 heavy (non-hydrogen) atoms. The number of hydrogen-bond donors (Lipinski definition) is 0. The molecule has 0 aliphatic rings. The number of benzene rings is 1. The highest BCUT2D eigenvalue weighted by molar-refractivity contribution is 5.95. The van der Waals surface area contributed by atoms with Crippen molar-refractivity contribution in [1.29, 1.82) is 0 Å². The van der Waals surface area contributed by atoms with Crippen LogP contribution in [-0.2, 0) is 0 Å². The lowest BCUT2D eigenvalue weighted by atomic mass is 9.91. The van der Waals surface area contributed by atoms with Gasteiger partial charge in [-0.05, 0) is 18.3 Å². The van der Waals surface area contributed by atoms with E-state index in [-0.39, 0.29) is 5.78 Å². The Bertz CT molecular complexity index is 313. The molecule has 0 amide bonds. The molecule has 1 heteroatoms. The van der Waals surface area contributed by atoms with Gasteiger partial charge in [-0.1, -0.05) is 57.5 Å². The number of hydrogen-bond acceptors (Lipinski definition) is 1. The second kappa shape index (κ2) is 6.47. The highest BCUT2D eigenvalue weighted by Crippen LogP contribution is 2.18. The number of rotatable bonds is 6. The molecular formula is C15H22O. The summed E-state index contributed by atoms with van der Waals surface area (Å²) in [6.45, 7) is 6.74. The van der Waals surface area contributed by atoms with Gasteiger partial charge in [0, 0.05) is 12.0 Å². The van der Waals surface area contributed by atoms with Gasteiger partial charge in [-0.2, -0.15) is 0 Å². The van der Waals surface area contributed by atoms with Gasteiger partial charge in [0.15, 0.2) is 5.78 Å². The fourth-order valence-electron chi connectivity index (χ4n) is 1.69. The Morgan fingerprint density at radius 2 is 1.75 bits per heavy atom. The van der Waals surface area contributed by atoms with E-state index >= 15 is 0 Å². The van der Waals surface area contributed by atoms with Crippen molar-refractivity contribution in [3.05, 3.63) is 35.9 Å². The molecule has 1 aromatic carbocycles. The minimum Gasteiger partial charge on any atom is -0.294 e. The van der Waals surface area contributed by atoms with Crippen molar-refractivity contribution in [2.75, 3.05) is 0 Å². The van der Waals surface area contributed by atoms with Gasteiger partial charge in [-0.15, -0.1) is 0 Å². The normalized spacial score (nSPS) is 12.8. The van der Waals surface area contributed by atoms with E-state index in [4.69, 9.17) is 0 Å². The van der Waals surface area contributed by atoms with Crippen LogP contribution in [0.15, 0.2) is 30.3 Å². The van der Waals surface area contributed by atoms with Crippen LogP contribution >= 0.6 is 0 Å². The number of ketones is 1. The zero-order valence-corrected chi connectivity index (χ0v) is 10.6. The first-order chi connectivity index (χ1) is 7.61. The molecule has 0 radical (unpaired) electrons. The largest absolute Gasteiger partial charge is 0.294 e. The van der Waals surface area contributed by atoms with Gasteiger partial charge in [0.05, 0.1) is 0 Å². The van der Waals surface area contributed by atoms with Gasteiger partial charge >= 0.3 is 0 Å². The van der Waals surface area contributed by atoms with E-state index in [1.807, 2.05) is 30.3 Å². The molecule has 0 N–H and O–H groups in total. The summed E-state index contributed by atoms with van der Waals surface area (Å²) in [6.07, 6.45) is 2.84. The molecule has 0 heterocycles. The van der Waals surface area contributed by atoms with Crippen LogP contribution in [-0.4, -0.2) is 5.78 Å². The molecule has 0 spiro atoms. The Kier molecular flexibility index (Phi) is 5.24. The summed E-state index contributed by atoms with van der Waals surface area (Å²) < 4.78 is 0. The van der Waals surface area contributed by atoms with E-state index in [1.54, 1.807) is 0 Å². The summed E-state index contributed by atoms with van der Waals surface area (Å²) in [6, 6.07) is 9.58. The predicted molar refractivity (Wildman–Crippen MR) is 68.6 cm³/mol. The third kappa shape index (κ3) is 4.18. The average molecular weight is 218 g/mol. The lowest BCUT2D eigenvalue weighted by molar-refractivity contribution is 0.0977. The average Bonchev–Trinajstić information content (AvgIpc) is 2.29. The van der Waals surface area contributed by atoms with Crippen LogP contribution in [0.2, 0.25) is 0 Å². The Balaban J connectivity index is 2.31. The molecule has 0 saturated heterocycles. The minimum absolute atomic E-state index is 0.275. The minimum atomic E-state index is 0.275. The van der Waals surface area contributed by atoms with Crippen molar-refractivity contribution in [2.24, 2.45) is 11.8 Å². The highest BCUT2D eigenvalue weighted by Gasteiger charge is 2.09. The first-order valence-corrected chi connectivity index (χ1v) is 6.19. The second-order valence-corrected chi connectivity index (χ2v) is 4.90. The summed E-state index contributed by atoms with van der Waals surface area (Å²) in [4.78, 5) is 11.8. The predicted octanol–water partition coefficient (Wildman–Crippen LogP) is 4.33. The Morgan fingerprint density at radius 3 is 2.31 bits per heavy atom. The van der Waals surface area contributed by atoms with Crippen LogP contribution < -0.4 is 0 Å². The monoisotopic (exact) mass is 218 g/mol. The Morgan fingerprint density at radius 1 is 1.12 bits per heavy atom. The van der Waals surface area contributed by atoms with Gasteiger partial charge in [0.25, 0.3) is 0 Å². The Labute approximate surface area is 98.9 Å². The lowest BCUT2D eigenvalue weighted by Gasteiger charge is -2.14. The molecule has 0 fully saturated rings. The topological polar surface area (TPSA) is 17.1 Å².